The molecule has 0 N–H and O–H groups in total. The molecule has 0 aliphatic carbocycles. The molecule has 1 atom stereocenters. The maximum atomic E-state index is 13.8. The van der Waals surface area contributed by atoms with Gasteiger partial charge in [0.25, 0.3) is 5.91 Å². The van der Waals surface area contributed by atoms with Crippen LogP contribution in [0.2, 0.25) is 0 Å². The molecule has 0 saturated carbocycles. The van der Waals surface area contributed by atoms with Gasteiger partial charge in [0, 0.05) is 12.2 Å². The first-order chi connectivity index (χ1) is 16.4. The molecule has 1 aliphatic rings. The molecular formula is C28H21F3N2O. The van der Waals surface area contributed by atoms with E-state index in [1.165, 1.54) is 6.07 Å². The van der Waals surface area contributed by atoms with Crippen LogP contribution in [0.5, 0.6) is 0 Å². The van der Waals surface area contributed by atoms with Crippen LogP contribution in [0.3, 0.4) is 0 Å². The van der Waals surface area contributed by atoms with Gasteiger partial charge in [-0.25, -0.2) is 0 Å². The Hall–Kier alpha value is -4.06. The number of anilines is 2. The molecule has 5 rings (SSSR count). The molecule has 0 aromatic heterocycles. The first-order valence-electron chi connectivity index (χ1n) is 10.9. The summed E-state index contributed by atoms with van der Waals surface area (Å²) in [6, 6.07) is 31.2. The fourth-order valence-corrected chi connectivity index (χ4v) is 4.42. The second-order valence-corrected chi connectivity index (χ2v) is 8.14. The van der Waals surface area contributed by atoms with Crippen LogP contribution in [0.25, 0.3) is 0 Å². The van der Waals surface area contributed by atoms with Gasteiger partial charge in [-0.2, -0.15) is 13.2 Å². The summed E-state index contributed by atoms with van der Waals surface area (Å²) < 4.78 is 40.9. The molecule has 0 spiro atoms. The van der Waals surface area contributed by atoms with E-state index in [1.54, 1.807) is 35.2 Å². The Kier molecular flexibility index (Phi) is 5.57. The minimum absolute atomic E-state index is 0.256. The molecule has 34 heavy (non-hydrogen) atoms. The number of amides is 1. The highest BCUT2D eigenvalue weighted by molar-refractivity contribution is 6.12. The molecule has 4 aromatic rings. The van der Waals surface area contributed by atoms with Crippen LogP contribution in [-0.4, -0.2) is 5.91 Å². The predicted molar refractivity (Wildman–Crippen MR) is 127 cm³/mol. The van der Waals surface area contributed by atoms with Crippen molar-refractivity contribution in [2.24, 2.45) is 0 Å². The van der Waals surface area contributed by atoms with Gasteiger partial charge in [-0.15, -0.1) is 0 Å². The molecule has 170 valence electrons. The minimum atomic E-state index is -4.49. The maximum Gasteiger partial charge on any atom is 0.416 e. The lowest BCUT2D eigenvalue weighted by Crippen LogP contribution is -2.49. The van der Waals surface area contributed by atoms with Gasteiger partial charge < -0.3 is 4.90 Å². The average molecular weight is 458 g/mol. The van der Waals surface area contributed by atoms with Gasteiger partial charge in [0.15, 0.2) is 0 Å². The molecule has 0 unspecified atom stereocenters. The number of para-hydroxylation sites is 2. The monoisotopic (exact) mass is 458 g/mol. The van der Waals surface area contributed by atoms with Crippen molar-refractivity contribution < 1.29 is 18.0 Å². The summed E-state index contributed by atoms with van der Waals surface area (Å²) in [5.41, 5.74) is 2.43. The Bertz CT molecular complexity index is 1310. The number of carbonyl (C=O) groups is 1. The number of rotatable bonds is 4. The second kappa shape index (κ2) is 8.71. The van der Waals surface area contributed by atoms with Gasteiger partial charge in [-0.3, -0.25) is 9.69 Å². The van der Waals surface area contributed by atoms with Crippen molar-refractivity contribution in [1.29, 1.82) is 0 Å². The fourth-order valence-electron chi connectivity index (χ4n) is 4.42. The number of benzene rings is 4. The van der Waals surface area contributed by atoms with Crippen molar-refractivity contribution in [3.8, 4) is 0 Å². The molecule has 0 radical (unpaired) electrons. The van der Waals surface area contributed by atoms with Gasteiger partial charge in [-0.05, 0) is 47.5 Å². The van der Waals surface area contributed by atoms with E-state index in [0.717, 1.165) is 17.7 Å². The summed E-state index contributed by atoms with van der Waals surface area (Å²) in [6.45, 7) is 0.412. The van der Waals surface area contributed by atoms with Crippen molar-refractivity contribution in [3.63, 3.8) is 0 Å². The number of fused-ring (bicyclic) bond motifs is 1. The fraction of sp³-hybridized carbons (Fsp3) is 0.107. The first kappa shape index (κ1) is 21.8. The summed E-state index contributed by atoms with van der Waals surface area (Å²) in [6.07, 6.45) is -5.26. The molecule has 6 heteroatoms. The van der Waals surface area contributed by atoms with Gasteiger partial charge in [-0.1, -0.05) is 72.8 Å². The number of nitrogens with zero attached hydrogens (tertiary/aromatic N) is 2. The molecule has 0 bridgehead atoms. The van der Waals surface area contributed by atoms with E-state index >= 15 is 0 Å². The molecule has 4 aromatic carbocycles. The van der Waals surface area contributed by atoms with Crippen LogP contribution in [0.15, 0.2) is 109 Å². The van der Waals surface area contributed by atoms with E-state index in [0.29, 0.717) is 29.0 Å². The van der Waals surface area contributed by atoms with Crippen molar-refractivity contribution in [2.45, 2.75) is 18.9 Å². The third kappa shape index (κ3) is 4.03. The van der Waals surface area contributed by atoms with E-state index < -0.39 is 17.9 Å². The Labute approximate surface area is 195 Å². The Morgan fingerprint density at radius 2 is 1.38 bits per heavy atom. The summed E-state index contributed by atoms with van der Waals surface area (Å²) in [5.74, 6) is -0.256. The van der Waals surface area contributed by atoms with Crippen LogP contribution >= 0.6 is 0 Å². The third-order valence-corrected chi connectivity index (χ3v) is 5.94. The summed E-state index contributed by atoms with van der Waals surface area (Å²) in [5, 5.41) is 0. The smallest absolute Gasteiger partial charge is 0.342 e. The molecule has 3 nitrogen and oxygen atoms in total. The van der Waals surface area contributed by atoms with Crippen molar-refractivity contribution in [2.75, 3.05) is 9.80 Å². The van der Waals surface area contributed by atoms with Gasteiger partial charge in [0.05, 0.1) is 16.8 Å². The molecule has 1 amide bonds. The number of halogens is 3. The summed E-state index contributed by atoms with van der Waals surface area (Å²) in [4.78, 5) is 17.3. The largest absolute Gasteiger partial charge is 0.416 e. The highest BCUT2D eigenvalue weighted by atomic mass is 19.4. The molecule has 0 fully saturated rings. The third-order valence-electron chi connectivity index (χ3n) is 5.94. The van der Waals surface area contributed by atoms with Crippen LogP contribution < -0.4 is 9.80 Å². The zero-order valence-corrected chi connectivity index (χ0v) is 18.1. The zero-order chi connectivity index (χ0) is 23.7. The number of hydrogen-bond acceptors (Lipinski definition) is 2. The number of alkyl halides is 3. The Balaban J connectivity index is 1.74. The predicted octanol–water partition coefficient (Wildman–Crippen LogP) is 7.07. The normalized spacial score (nSPS) is 15.9. The van der Waals surface area contributed by atoms with Crippen LogP contribution in [-0.2, 0) is 12.7 Å². The Morgan fingerprint density at radius 1 is 0.735 bits per heavy atom. The lowest BCUT2D eigenvalue weighted by atomic mass is 9.98. The van der Waals surface area contributed by atoms with Gasteiger partial charge >= 0.3 is 6.18 Å². The van der Waals surface area contributed by atoms with Gasteiger partial charge in [0.2, 0.25) is 0 Å². The minimum Gasteiger partial charge on any atom is -0.342 e. The molecule has 1 aliphatic heterocycles. The summed E-state index contributed by atoms with van der Waals surface area (Å²) in [7, 11) is 0. The Morgan fingerprint density at radius 3 is 2.09 bits per heavy atom. The van der Waals surface area contributed by atoms with Crippen molar-refractivity contribution in [1.82, 2.24) is 0 Å². The average Bonchev–Trinajstić information content (AvgIpc) is 2.86. The highest BCUT2D eigenvalue weighted by Crippen LogP contribution is 2.43. The van der Waals surface area contributed by atoms with Crippen LogP contribution in [0.1, 0.15) is 33.2 Å². The molecule has 0 saturated heterocycles. The maximum absolute atomic E-state index is 13.8. The quantitative estimate of drug-likeness (QED) is 0.327. The highest BCUT2D eigenvalue weighted by Gasteiger charge is 2.40. The van der Waals surface area contributed by atoms with Gasteiger partial charge in [0.1, 0.15) is 6.17 Å². The first-order valence-corrected chi connectivity index (χ1v) is 10.9. The van der Waals surface area contributed by atoms with E-state index in [2.05, 4.69) is 0 Å². The summed E-state index contributed by atoms with van der Waals surface area (Å²) >= 11 is 0. The standard InChI is InChI=1S/C28H21F3N2O/c29-28(30,31)22-13-9-12-21(18-22)26-32(19-20-10-3-1-4-11-20)25-17-8-7-16-24(25)27(34)33(26)23-14-5-2-6-15-23/h1-18,26H,19H2/t26-/m0/s1. The lowest BCUT2D eigenvalue weighted by Gasteiger charge is -2.46. The van der Waals surface area contributed by atoms with Crippen molar-refractivity contribution in [3.05, 3.63) is 131 Å². The van der Waals surface area contributed by atoms with Crippen LogP contribution in [0, 0.1) is 0 Å². The van der Waals surface area contributed by atoms with Crippen molar-refractivity contribution >= 4 is 17.3 Å². The number of hydrogen-bond donors (Lipinski definition) is 0. The lowest BCUT2D eigenvalue weighted by molar-refractivity contribution is -0.137. The van der Waals surface area contributed by atoms with E-state index in [4.69, 9.17) is 0 Å². The molecule has 1 heterocycles. The second-order valence-electron chi connectivity index (χ2n) is 8.14. The zero-order valence-electron chi connectivity index (χ0n) is 18.1. The van der Waals surface area contributed by atoms with E-state index in [9.17, 15) is 18.0 Å². The molecular weight excluding hydrogens is 437 g/mol. The van der Waals surface area contributed by atoms with E-state index in [1.807, 2.05) is 65.6 Å². The topological polar surface area (TPSA) is 23.6 Å². The SMILES string of the molecule is O=C1c2ccccc2N(Cc2ccccc2)[C@H](c2cccc(C(F)(F)F)c2)N1c1ccccc1. The number of carbonyl (C=O) groups excluding carboxylic acids is 1. The van der Waals surface area contributed by atoms with E-state index in [-0.39, 0.29) is 5.91 Å². The van der Waals surface area contributed by atoms with Crippen LogP contribution in [0.4, 0.5) is 24.5 Å².